The molecular formula is C14H21O6PS2. The van der Waals surface area contributed by atoms with Crippen LogP contribution in [0.15, 0.2) is 46.9 Å². The van der Waals surface area contributed by atoms with Crippen molar-refractivity contribution in [3.8, 4) is 0 Å². The highest BCUT2D eigenvalue weighted by Crippen LogP contribution is 2.46. The van der Waals surface area contributed by atoms with Gasteiger partial charge in [-0.25, -0.2) is 0 Å². The Hall–Kier alpha value is -0.630. The first-order chi connectivity index (χ1) is 10.6. The van der Waals surface area contributed by atoms with Crippen LogP contribution in [0.1, 0.15) is 26.2 Å². The SMILES string of the molecule is CC(=CCCCC(P(=O)(O)O)S(=O)(=O)O)CSc1ccccc1. The fourth-order valence-electron chi connectivity index (χ4n) is 1.90. The number of allylic oxidation sites excluding steroid dienone is 1. The van der Waals surface area contributed by atoms with Gasteiger partial charge in [0.15, 0.2) is 4.99 Å². The Labute approximate surface area is 140 Å². The molecule has 0 heterocycles. The van der Waals surface area contributed by atoms with Crippen LogP contribution in [-0.4, -0.2) is 33.5 Å². The Kier molecular flexibility index (Phi) is 8.00. The summed E-state index contributed by atoms with van der Waals surface area (Å²) in [7, 11) is -9.63. The molecule has 0 spiro atoms. The van der Waals surface area contributed by atoms with Crippen LogP contribution in [0.5, 0.6) is 0 Å². The molecule has 0 aromatic heterocycles. The Balaban J connectivity index is 2.44. The van der Waals surface area contributed by atoms with E-state index < -0.39 is 22.7 Å². The molecule has 1 aromatic rings. The van der Waals surface area contributed by atoms with E-state index in [9.17, 15) is 13.0 Å². The van der Waals surface area contributed by atoms with Crippen LogP contribution in [0, 0.1) is 0 Å². The maximum Gasteiger partial charge on any atom is 0.346 e. The number of benzene rings is 1. The number of thioether (sulfide) groups is 1. The molecule has 0 aliphatic carbocycles. The molecule has 1 atom stereocenters. The zero-order chi connectivity index (χ0) is 17.5. The lowest BCUT2D eigenvalue weighted by atomic mass is 10.2. The molecule has 0 aliphatic rings. The van der Waals surface area contributed by atoms with E-state index in [2.05, 4.69) is 0 Å². The highest BCUT2D eigenvalue weighted by molar-refractivity contribution is 7.99. The van der Waals surface area contributed by atoms with Crippen LogP contribution in [0.4, 0.5) is 0 Å². The van der Waals surface area contributed by atoms with Gasteiger partial charge in [-0.15, -0.1) is 11.8 Å². The summed E-state index contributed by atoms with van der Waals surface area (Å²) in [4.78, 5) is 17.1. The van der Waals surface area contributed by atoms with Gasteiger partial charge in [0, 0.05) is 10.6 Å². The molecule has 0 fully saturated rings. The van der Waals surface area contributed by atoms with Crippen LogP contribution in [0.25, 0.3) is 0 Å². The van der Waals surface area contributed by atoms with Gasteiger partial charge in [-0.05, 0) is 38.3 Å². The van der Waals surface area contributed by atoms with Crippen molar-refractivity contribution in [1.29, 1.82) is 0 Å². The first-order valence-electron chi connectivity index (χ1n) is 6.95. The molecule has 3 N–H and O–H groups in total. The molecule has 0 bridgehead atoms. The fraction of sp³-hybridized carbons (Fsp3) is 0.429. The molecule has 0 saturated carbocycles. The molecule has 1 rings (SSSR count). The van der Waals surface area contributed by atoms with E-state index in [1.807, 2.05) is 43.3 Å². The Morgan fingerprint density at radius 3 is 2.43 bits per heavy atom. The van der Waals surface area contributed by atoms with E-state index in [-0.39, 0.29) is 12.8 Å². The smallest absolute Gasteiger partial charge is 0.323 e. The summed E-state index contributed by atoms with van der Waals surface area (Å²) in [6, 6.07) is 9.88. The van der Waals surface area contributed by atoms with E-state index >= 15 is 0 Å². The minimum absolute atomic E-state index is 0.267. The van der Waals surface area contributed by atoms with Gasteiger partial charge in [0.1, 0.15) is 0 Å². The lowest BCUT2D eigenvalue weighted by molar-refractivity contribution is 0.360. The summed E-state index contributed by atoms with van der Waals surface area (Å²) in [5, 5.41) is 0. The van der Waals surface area contributed by atoms with Crippen molar-refractivity contribution in [2.24, 2.45) is 0 Å². The second-order valence-corrected chi connectivity index (χ2v) is 9.94. The van der Waals surface area contributed by atoms with Gasteiger partial charge >= 0.3 is 7.60 Å². The zero-order valence-electron chi connectivity index (χ0n) is 12.7. The molecule has 6 nitrogen and oxygen atoms in total. The van der Waals surface area contributed by atoms with E-state index in [0.29, 0.717) is 6.42 Å². The lowest BCUT2D eigenvalue weighted by Crippen LogP contribution is -2.20. The van der Waals surface area contributed by atoms with Crippen LogP contribution in [0.2, 0.25) is 0 Å². The summed E-state index contributed by atoms with van der Waals surface area (Å²) in [5.74, 6) is 0.782. The first-order valence-corrected chi connectivity index (χ1v) is 11.1. The van der Waals surface area contributed by atoms with Gasteiger partial charge in [-0.3, -0.25) is 9.12 Å². The molecule has 1 unspecified atom stereocenters. The summed E-state index contributed by atoms with van der Waals surface area (Å²) >= 11 is 1.67. The third-order valence-electron chi connectivity index (χ3n) is 3.08. The molecule has 0 amide bonds. The normalized spacial score (nSPS) is 14.7. The van der Waals surface area contributed by atoms with Crippen molar-refractivity contribution >= 4 is 29.5 Å². The van der Waals surface area contributed by atoms with E-state index in [1.165, 1.54) is 0 Å². The molecular weight excluding hydrogens is 359 g/mol. The third kappa shape index (κ3) is 8.15. The Morgan fingerprint density at radius 2 is 1.91 bits per heavy atom. The van der Waals surface area contributed by atoms with Crippen LogP contribution in [-0.2, 0) is 14.7 Å². The van der Waals surface area contributed by atoms with Gasteiger partial charge < -0.3 is 9.79 Å². The largest absolute Gasteiger partial charge is 0.346 e. The molecule has 1 aromatic carbocycles. The quantitative estimate of drug-likeness (QED) is 0.198. The highest BCUT2D eigenvalue weighted by atomic mass is 32.2. The van der Waals surface area contributed by atoms with E-state index in [0.717, 1.165) is 16.2 Å². The van der Waals surface area contributed by atoms with E-state index in [1.54, 1.807) is 11.8 Å². The average molecular weight is 380 g/mol. The highest BCUT2D eigenvalue weighted by Gasteiger charge is 2.38. The van der Waals surface area contributed by atoms with Crippen molar-refractivity contribution in [3.05, 3.63) is 42.0 Å². The predicted molar refractivity (Wildman–Crippen MR) is 92.2 cm³/mol. The van der Waals surface area contributed by atoms with Crippen LogP contribution in [0.3, 0.4) is 0 Å². The molecule has 9 heteroatoms. The summed E-state index contributed by atoms with van der Waals surface area (Å²) in [6.07, 6.45) is 2.39. The van der Waals surface area contributed by atoms with Crippen molar-refractivity contribution in [2.45, 2.75) is 36.1 Å². The van der Waals surface area contributed by atoms with Crippen molar-refractivity contribution < 1.29 is 27.3 Å². The second kappa shape index (κ2) is 9.01. The minimum Gasteiger partial charge on any atom is -0.323 e. The van der Waals surface area contributed by atoms with Crippen molar-refractivity contribution in [3.63, 3.8) is 0 Å². The van der Waals surface area contributed by atoms with Gasteiger partial charge in [-0.1, -0.05) is 29.8 Å². The first kappa shape index (κ1) is 20.4. The van der Waals surface area contributed by atoms with Crippen LogP contribution < -0.4 is 0 Å². The third-order valence-corrected chi connectivity index (χ3v) is 7.84. The maximum absolute atomic E-state index is 11.1. The standard InChI is InChI=1S/C14H21O6PS2/c1-12(11-22-13-8-3-2-4-9-13)7-5-6-10-14(21(15,16)17)23(18,19)20/h2-4,7-9,14H,5-6,10-11H2,1H3,(H2,15,16,17)(H,18,19,20). The van der Waals surface area contributed by atoms with Gasteiger partial charge in [0.25, 0.3) is 10.1 Å². The molecule has 130 valence electrons. The molecule has 0 radical (unpaired) electrons. The van der Waals surface area contributed by atoms with E-state index in [4.69, 9.17) is 14.3 Å². The Bertz CT molecular complexity index is 666. The van der Waals surface area contributed by atoms with Crippen molar-refractivity contribution in [2.75, 3.05) is 5.75 Å². The number of hydrogen-bond acceptors (Lipinski definition) is 4. The summed E-state index contributed by atoms with van der Waals surface area (Å²) in [6.45, 7) is 1.94. The second-order valence-electron chi connectivity index (χ2n) is 5.14. The van der Waals surface area contributed by atoms with Gasteiger partial charge in [0.05, 0.1) is 0 Å². The molecule has 23 heavy (non-hydrogen) atoms. The average Bonchev–Trinajstić information content (AvgIpc) is 2.43. The number of rotatable bonds is 9. The van der Waals surface area contributed by atoms with Crippen molar-refractivity contribution in [1.82, 2.24) is 0 Å². The Morgan fingerprint density at radius 1 is 1.30 bits per heavy atom. The number of hydrogen-bond donors (Lipinski definition) is 3. The summed E-state index contributed by atoms with van der Waals surface area (Å²) in [5.41, 5.74) is 1.10. The molecule has 0 aliphatic heterocycles. The lowest BCUT2D eigenvalue weighted by Gasteiger charge is -2.14. The van der Waals surface area contributed by atoms with Crippen LogP contribution >= 0.6 is 19.4 Å². The number of unbranched alkanes of at least 4 members (excludes halogenated alkanes) is 1. The summed E-state index contributed by atoms with van der Waals surface area (Å²) < 4.78 is 42.0. The minimum atomic E-state index is -4.88. The van der Waals surface area contributed by atoms with Gasteiger partial charge in [-0.2, -0.15) is 8.42 Å². The fourth-order valence-corrected chi connectivity index (χ4v) is 5.14. The maximum atomic E-state index is 11.1. The monoisotopic (exact) mass is 380 g/mol. The van der Waals surface area contributed by atoms with Gasteiger partial charge in [0.2, 0.25) is 0 Å². The topological polar surface area (TPSA) is 112 Å². The predicted octanol–water partition coefficient (Wildman–Crippen LogP) is 3.29. The zero-order valence-corrected chi connectivity index (χ0v) is 15.2. The molecule has 0 saturated heterocycles.